The van der Waals surface area contributed by atoms with Crippen LogP contribution in [0.3, 0.4) is 0 Å². The first-order chi connectivity index (χ1) is 18.8. The number of anilines is 1. The Hall–Kier alpha value is -2.96. The molecule has 3 heterocycles. The molecule has 2 aromatic carbocycles. The van der Waals surface area contributed by atoms with E-state index in [0.717, 1.165) is 43.3 Å². The average Bonchev–Trinajstić information content (AvgIpc) is 3.34. The number of hydrogen-bond acceptors (Lipinski definition) is 6. The highest BCUT2D eigenvalue weighted by molar-refractivity contribution is 7.89. The van der Waals surface area contributed by atoms with E-state index >= 15 is 4.39 Å². The van der Waals surface area contributed by atoms with Gasteiger partial charge in [0.25, 0.3) is 0 Å². The minimum absolute atomic E-state index is 0.116. The highest BCUT2D eigenvalue weighted by Gasteiger charge is 2.32. The summed E-state index contributed by atoms with van der Waals surface area (Å²) < 4.78 is 43.4. The van der Waals surface area contributed by atoms with Crippen LogP contribution in [0.4, 0.5) is 14.9 Å². The minimum Gasteiger partial charge on any atom is -0.361 e. The molecule has 5 N–H and O–H groups in total. The second-order valence-electron chi connectivity index (χ2n) is 9.76. The lowest BCUT2D eigenvalue weighted by molar-refractivity contribution is 0.244. The third-order valence-electron chi connectivity index (χ3n) is 6.94. The molecule has 0 radical (unpaired) electrons. The normalized spacial score (nSPS) is 19.7. The molecule has 1 fully saturated rings. The first-order valence-electron chi connectivity index (χ1n) is 13.0. The maximum Gasteiger partial charge on any atom is 0.327 e. The fourth-order valence-corrected chi connectivity index (χ4v) is 6.27. The molecule has 1 atom stereocenters. The zero-order chi connectivity index (χ0) is 27.4. The first kappa shape index (κ1) is 27.6. The summed E-state index contributed by atoms with van der Waals surface area (Å²) in [6.45, 7) is 3.03. The van der Waals surface area contributed by atoms with E-state index in [1.807, 2.05) is 24.3 Å². The average molecular weight is 575 g/mol. The van der Waals surface area contributed by atoms with Gasteiger partial charge in [-0.05, 0) is 80.9 Å². The van der Waals surface area contributed by atoms with E-state index < -0.39 is 22.0 Å². The highest BCUT2D eigenvalue weighted by atomic mass is 35.5. The molecule has 3 aliphatic rings. The second-order valence-corrected chi connectivity index (χ2v) is 11.8. The predicted molar refractivity (Wildman–Crippen MR) is 150 cm³/mol. The molecule has 0 aromatic heterocycles. The van der Waals surface area contributed by atoms with Crippen LogP contribution in [0.1, 0.15) is 30.4 Å². The molecule has 208 valence electrons. The molecule has 2 amide bonds. The van der Waals surface area contributed by atoms with Gasteiger partial charge in [-0.2, -0.15) is 0 Å². The predicted octanol–water partition coefficient (Wildman–Crippen LogP) is 2.96. The maximum atomic E-state index is 15.2. The molecule has 1 unspecified atom stereocenters. The van der Waals surface area contributed by atoms with Crippen molar-refractivity contribution in [1.82, 2.24) is 26.0 Å². The number of halogens is 2. The summed E-state index contributed by atoms with van der Waals surface area (Å²) in [5.74, 6) is -0.0493. The Morgan fingerprint density at radius 2 is 1.85 bits per heavy atom. The van der Waals surface area contributed by atoms with Gasteiger partial charge in [-0.1, -0.05) is 12.1 Å². The van der Waals surface area contributed by atoms with Crippen LogP contribution < -0.4 is 30.9 Å². The fraction of sp³-hybridized carbons (Fsp3) is 0.370. The Morgan fingerprint density at radius 3 is 2.56 bits per heavy atom. The topological polar surface area (TPSA) is 115 Å². The zero-order valence-corrected chi connectivity index (χ0v) is 22.9. The molecular weight excluding hydrogens is 543 g/mol. The molecule has 12 heteroatoms. The second kappa shape index (κ2) is 12.1. The standard InChI is InChI=1S/C27H32ClFN6O3S/c28-10-1-11-31-16-18-2-4-21(5-3-18)35-17-19-14-25(32-26(19)33-27(35)36)23-7-6-22(15-24(23)29)39(37,38)34-20-8-12-30-13-9-20/h2-7,14-15,17,20,26,30-32,34H,1,8-13,16H2,(H,33,36). The molecule has 1 saturated heterocycles. The van der Waals surface area contributed by atoms with Crippen molar-refractivity contribution < 1.29 is 17.6 Å². The summed E-state index contributed by atoms with van der Waals surface area (Å²) in [5, 5.41) is 12.5. The van der Waals surface area contributed by atoms with Crippen LogP contribution in [0.2, 0.25) is 0 Å². The number of amides is 2. The van der Waals surface area contributed by atoms with Crippen LogP contribution in [0.5, 0.6) is 0 Å². The van der Waals surface area contributed by atoms with Gasteiger partial charge in [0.05, 0.1) is 10.6 Å². The monoisotopic (exact) mass is 574 g/mol. The summed E-state index contributed by atoms with van der Waals surface area (Å²) >= 11 is 5.70. The van der Waals surface area contributed by atoms with Crippen LogP contribution in [0.15, 0.2) is 65.2 Å². The Bertz CT molecular complexity index is 1380. The summed E-state index contributed by atoms with van der Waals surface area (Å²) in [5.41, 5.74) is 3.22. The number of nitrogens with one attached hydrogen (secondary N) is 5. The number of hydrogen-bond donors (Lipinski definition) is 5. The van der Waals surface area contributed by atoms with Crippen LogP contribution in [0.25, 0.3) is 5.70 Å². The lowest BCUT2D eigenvalue weighted by Gasteiger charge is -2.29. The Balaban J connectivity index is 1.29. The van der Waals surface area contributed by atoms with Crippen molar-refractivity contribution in [3.05, 3.63) is 77.3 Å². The van der Waals surface area contributed by atoms with Gasteiger partial charge in [0.15, 0.2) is 0 Å². The Labute approximate surface area is 232 Å². The van der Waals surface area contributed by atoms with Gasteiger partial charge >= 0.3 is 6.03 Å². The van der Waals surface area contributed by atoms with E-state index in [2.05, 4.69) is 26.0 Å². The summed E-state index contributed by atoms with van der Waals surface area (Å²) in [4.78, 5) is 14.2. The van der Waals surface area contributed by atoms with Gasteiger partial charge in [-0.25, -0.2) is 22.3 Å². The van der Waals surface area contributed by atoms with E-state index in [-0.39, 0.29) is 22.5 Å². The third kappa shape index (κ3) is 6.44. The molecule has 0 saturated carbocycles. The molecular formula is C27H32ClFN6O3S. The quantitative estimate of drug-likeness (QED) is 0.220. The van der Waals surface area contributed by atoms with Gasteiger partial charge in [-0.3, -0.25) is 4.90 Å². The van der Waals surface area contributed by atoms with Crippen molar-refractivity contribution in [2.45, 2.75) is 42.9 Å². The van der Waals surface area contributed by atoms with Crippen molar-refractivity contribution in [2.75, 3.05) is 30.4 Å². The number of piperidine rings is 1. The Morgan fingerprint density at radius 1 is 1.08 bits per heavy atom. The first-order valence-corrected chi connectivity index (χ1v) is 15.0. The maximum absolute atomic E-state index is 15.2. The number of carbonyl (C=O) groups excluding carboxylic acids is 1. The molecule has 0 bridgehead atoms. The highest BCUT2D eigenvalue weighted by Crippen LogP contribution is 2.30. The number of alkyl halides is 1. The van der Waals surface area contributed by atoms with Crippen LogP contribution in [-0.4, -0.2) is 52.2 Å². The SMILES string of the molecule is O=C1NC2NC(c3ccc(S(=O)(=O)NC4CCNCC4)cc3F)=CC2=CN1c1ccc(CNCCCCl)cc1. The number of benzene rings is 2. The number of rotatable bonds is 10. The molecule has 5 rings (SSSR count). The number of sulfonamides is 1. The smallest absolute Gasteiger partial charge is 0.327 e. The molecule has 39 heavy (non-hydrogen) atoms. The molecule has 2 aromatic rings. The third-order valence-corrected chi connectivity index (χ3v) is 8.73. The van der Waals surface area contributed by atoms with Crippen LogP contribution in [-0.2, 0) is 16.6 Å². The van der Waals surface area contributed by atoms with Gasteiger partial charge in [0.1, 0.15) is 12.0 Å². The van der Waals surface area contributed by atoms with Crippen molar-refractivity contribution in [1.29, 1.82) is 0 Å². The largest absolute Gasteiger partial charge is 0.361 e. The lowest BCUT2D eigenvalue weighted by Crippen LogP contribution is -2.51. The Kier molecular flexibility index (Phi) is 8.53. The lowest BCUT2D eigenvalue weighted by atomic mass is 10.1. The van der Waals surface area contributed by atoms with Crippen molar-refractivity contribution >= 4 is 39.0 Å². The minimum atomic E-state index is -3.84. The zero-order valence-electron chi connectivity index (χ0n) is 21.3. The van der Waals surface area contributed by atoms with E-state index in [0.29, 0.717) is 36.7 Å². The van der Waals surface area contributed by atoms with E-state index in [4.69, 9.17) is 11.6 Å². The van der Waals surface area contributed by atoms with Gasteiger partial charge < -0.3 is 21.3 Å². The number of carbonyl (C=O) groups is 1. The van der Waals surface area contributed by atoms with Gasteiger partial charge in [0, 0.05) is 41.5 Å². The van der Waals surface area contributed by atoms with Gasteiger partial charge in [0.2, 0.25) is 10.0 Å². The number of urea groups is 1. The number of nitrogens with zero attached hydrogens (tertiary/aromatic N) is 1. The summed E-state index contributed by atoms with van der Waals surface area (Å²) in [6, 6.07) is 11.1. The van der Waals surface area contributed by atoms with Crippen molar-refractivity contribution in [3.63, 3.8) is 0 Å². The number of fused-ring (bicyclic) bond motifs is 1. The summed E-state index contributed by atoms with van der Waals surface area (Å²) in [7, 11) is -3.84. The van der Waals surface area contributed by atoms with Gasteiger partial charge in [-0.15, -0.1) is 11.6 Å². The van der Waals surface area contributed by atoms with Crippen molar-refractivity contribution in [2.24, 2.45) is 0 Å². The molecule has 0 spiro atoms. The molecule has 0 aliphatic carbocycles. The van der Waals surface area contributed by atoms with E-state index in [1.165, 1.54) is 17.0 Å². The van der Waals surface area contributed by atoms with Crippen LogP contribution >= 0.6 is 11.6 Å². The molecule has 3 aliphatic heterocycles. The summed E-state index contributed by atoms with van der Waals surface area (Å²) in [6.07, 6.45) is 5.23. The van der Waals surface area contributed by atoms with Crippen LogP contribution in [0, 0.1) is 5.82 Å². The van der Waals surface area contributed by atoms with Crippen molar-refractivity contribution in [3.8, 4) is 0 Å². The fourth-order valence-electron chi connectivity index (χ4n) is 4.82. The van der Waals surface area contributed by atoms with E-state index in [9.17, 15) is 13.2 Å². The van der Waals surface area contributed by atoms with E-state index in [1.54, 1.807) is 12.3 Å². The molecule has 9 nitrogen and oxygen atoms in total.